The summed E-state index contributed by atoms with van der Waals surface area (Å²) in [6, 6.07) is 3.46. The number of halogens is 2. The van der Waals surface area contributed by atoms with Gasteiger partial charge in [0.2, 0.25) is 0 Å². The highest BCUT2D eigenvalue weighted by atomic mass is 19.1. The number of nitrogens with one attached hydrogen (secondary N) is 1. The Morgan fingerprint density at radius 3 is 3.00 bits per heavy atom. The summed E-state index contributed by atoms with van der Waals surface area (Å²) in [6.45, 7) is 1.80. The van der Waals surface area contributed by atoms with Crippen LogP contribution in [0.1, 0.15) is 18.0 Å². The van der Waals surface area contributed by atoms with Gasteiger partial charge in [-0.25, -0.2) is 13.8 Å². The van der Waals surface area contributed by atoms with Crippen LogP contribution < -0.4 is 5.32 Å². The second-order valence-electron chi connectivity index (χ2n) is 4.47. The van der Waals surface area contributed by atoms with Crippen LogP contribution in [0.4, 0.5) is 8.78 Å². The summed E-state index contributed by atoms with van der Waals surface area (Å²) in [5.74, 6) is -0.590. The molecule has 2 heterocycles. The van der Waals surface area contributed by atoms with E-state index in [1.54, 1.807) is 10.8 Å². The largest absolute Gasteiger partial charge is 0.316 e. The summed E-state index contributed by atoms with van der Waals surface area (Å²) in [5.41, 5.74) is 1.14. The van der Waals surface area contributed by atoms with Crippen LogP contribution in [0.3, 0.4) is 0 Å². The topological polar surface area (TPSA) is 29.9 Å². The minimum Gasteiger partial charge on any atom is -0.316 e. The first-order valence-corrected chi connectivity index (χ1v) is 5.94. The van der Waals surface area contributed by atoms with E-state index in [1.165, 1.54) is 12.4 Å². The number of nitrogens with zero attached hydrogens (tertiary/aromatic N) is 2. The molecule has 1 aliphatic rings. The molecule has 0 amide bonds. The Bertz CT molecular complexity index is 559. The summed E-state index contributed by atoms with van der Waals surface area (Å²) in [4.78, 5) is 4.06. The van der Waals surface area contributed by atoms with Crippen LogP contribution in [0.15, 0.2) is 30.7 Å². The summed E-state index contributed by atoms with van der Waals surface area (Å²) in [5, 5.41) is 3.26. The van der Waals surface area contributed by atoms with Crippen LogP contribution in [0.5, 0.6) is 0 Å². The van der Waals surface area contributed by atoms with Gasteiger partial charge in [-0.05, 0) is 25.1 Å². The van der Waals surface area contributed by atoms with E-state index >= 15 is 0 Å². The lowest BCUT2D eigenvalue weighted by molar-refractivity contribution is 0.587. The Kier molecular flexibility index (Phi) is 2.83. The highest BCUT2D eigenvalue weighted by Crippen LogP contribution is 2.26. The average Bonchev–Trinajstić information content (AvgIpc) is 3.00. The number of hydrogen-bond donors (Lipinski definition) is 1. The molecule has 0 saturated carbocycles. The van der Waals surface area contributed by atoms with Crippen molar-refractivity contribution in [2.75, 3.05) is 13.1 Å². The number of benzene rings is 1. The van der Waals surface area contributed by atoms with E-state index in [0.29, 0.717) is 5.92 Å². The van der Waals surface area contributed by atoms with Crippen molar-refractivity contribution in [3.8, 4) is 5.69 Å². The average molecular weight is 249 g/mol. The van der Waals surface area contributed by atoms with Gasteiger partial charge in [-0.15, -0.1) is 0 Å². The fourth-order valence-electron chi connectivity index (χ4n) is 2.39. The van der Waals surface area contributed by atoms with Crippen molar-refractivity contribution in [1.82, 2.24) is 14.9 Å². The standard InChI is InChI=1S/C13H13F2N3/c14-10-1-2-11(15)12(5-10)18-8-17-7-13(18)9-3-4-16-6-9/h1-2,5,7-9,16H,3-4,6H2. The monoisotopic (exact) mass is 249 g/mol. The molecule has 1 aliphatic heterocycles. The molecule has 94 valence electrons. The van der Waals surface area contributed by atoms with Crippen molar-refractivity contribution in [2.45, 2.75) is 12.3 Å². The Hall–Kier alpha value is -1.75. The van der Waals surface area contributed by atoms with Crippen LogP contribution in [0, 0.1) is 11.6 Å². The minimum absolute atomic E-state index is 0.217. The molecule has 1 fully saturated rings. The van der Waals surface area contributed by atoms with E-state index in [-0.39, 0.29) is 5.69 Å². The molecule has 1 saturated heterocycles. The van der Waals surface area contributed by atoms with Gasteiger partial charge in [0, 0.05) is 30.4 Å². The molecule has 1 unspecified atom stereocenters. The zero-order chi connectivity index (χ0) is 12.5. The van der Waals surface area contributed by atoms with Gasteiger partial charge in [-0.2, -0.15) is 0 Å². The third-order valence-electron chi connectivity index (χ3n) is 3.31. The highest BCUT2D eigenvalue weighted by molar-refractivity contribution is 5.36. The van der Waals surface area contributed by atoms with E-state index in [2.05, 4.69) is 10.3 Å². The molecule has 0 spiro atoms. The maximum Gasteiger partial charge on any atom is 0.147 e. The molecule has 1 atom stereocenters. The molecule has 18 heavy (non-hydrogen) atoms. The first kappa shape index (κ1) is 11.3. The lowest BCUT2D eigenvalue weighted by atomic mass is 10.1. The summed E-state index contributed by atoms with van der Waals surface area (Å²) in [7, 11) is 0. The maximum atomic E-state index is 13.8. The molecular formula is C13H13F2N3. The molecule has 0 radical (unpaired) electrons. The zero-order valence-electron chi connectivity index (χ0n) is 9.74. The second-order valence-corrected chi connectivity index (χ2v) is 4.47. The second kappa shape index (κ2) is 4.49. The van der Waals surface area contributed by atoms with Gasteiger partial charge in [-0.1, -0.05) is 0 Å². The normalized spacial score (nSPS) is 19.3. The van der Waals surface area contributed by atoms with Gasteiger partial charge in [0.25, 0.3) is 0 Å². The molecule has 0 bridgehead atoms. The summed E-state index contributed by atoms with van der Waals surface area (Å²) >= 11 is 0. The van der Waals surface area contributed by atoms with Gasteiger partial charge in [0.05, 0.1) is 12.0 Å². The van der Waals surface area contributed by atoms with Crippen molar-refractivity contribution >= 4 is 0 Å². The first-order valence-electron chi connectivity index (χ1n) is 5.94. The van der Waals surface area contributed by atoms with Crippen molar-refractivity contribution < 1.29 is 8.78 Å². The lowest BCUT2D eigenvalue weighted by Gasteiger charge is -2.13. The molecule has 5 heteroatoms. The van der Waals surface area contributed by atoms with Crippen LogP contribution in [0.25, 0.3) is 5.69 Å². The predicted molar refractivity (Wildman–Crippen MR) is 63.7 cm³/mol. The first-order chi connectivity index (χ1) is 8.75. The molecular weight excluding hydrogens is 236 g/mol. The molecule has 3 nitrogen and oxygen atoms in total. The Morgan fingerprint density at radius 2 is 2.22 bits per heavy atom. The van der Waals surface area contributed by atoms with Gasteiger partial charge >= 0.3 is 0 Å². The van der Waals surface area contributed by atoms with Crippen LogP contribution in [-0.2, 0) is 0 Å². The van der Waals surface area contributed by atoms with Gasteiger partial charge in [0.1, 0.15) is 11.6 Å². The number of hydrogen-bond acceptors (Lipinski definition) is 2. The minimum atomic E-state index is -0.449. The fraction of sp³-hybridized carbons (Fsp3) is 0.308. The van der Waals surface area contributed by atoms with Crippen molar-refractivity contribution in [3.63, 3.8) is 0 Å². The van der Waals surface area contributed by atoms with Gasteiger partial charge in [-0.3, -0.25) is 4.57 Å². The van der Waals surface area contributed by atoms with Gasteiger partial charge in [0.15, 0.2) is 0 Å². The third-order valence-corrected chi connectivity index (χ3v) is 3.31. The predicted octanol–water partition coefficient (Wildman–Crippen LogP) is 2.23. The molecule has 1 aromatic carbocycles. The number of imidazole rings is 1. The Balaban J connectivity index is 2.06. The van der Waals surface area contributed by atoms with E-state index in [4.69, 9.17) is 0 Å². The fourth-order valence-corrected chi connectivity index (χ4v) is 2.39. The number of aromatic nitrogens is 2. The van der Waals surface area contributed by atoms with Crippen molar-refractivity contribution in [1.29, 1.82) is 0 Å². The van der Waals surface area contributed by atoms with Crippen molar-refractivity contribution in [2.24, 2.45) is 0 Å². The van der Waals surface area contributed by atoms with Crippen molar-refractivity contribution in [3.05, 3.63) is 48.1 Å². The molecule has 2 aromatic rings. The zero-order valence-corrected chi connectivity index (χ0v) is 9.74. The lowest BCUT2D eigenvalue weighted by Crippen LogP contribution is -2.11. The summed E-state index contributed by atoms with van der Waals surface area (Å²) in [6.07, 6.45) is 4.25. The quantitative estimate of drug-likeness (QED) is 0.884. The van der Waals surface area contributed by atoms with E-state index < -0.39 is 11.6 Å². The number of rotatable bonds is 2. The highest BCUT2D eigenvalue weighted by Gasteiger charge is 2.21. The third kappa shape index (κ3) is 1.90. The van der Waals surface area contributed by atoms with E-state index in [9.17, 15) is 8.78 Å². The maximum absolute atomic E-state index is 13.8. The smallest absolute Gasteiger partial charge is 0.147 e. The molecule has 0 aliphatic carbocycles. The SMILES string of the molecule is Fc1ccc(F)c(-n2cncc2C2CCNC2)c1. The molecule has 3 rings (SSSR count). The van der Waals surface area contributed by atoms with E-state index in [0.717, 1.165) is 37.3 Å². The van der Waals surface area contributed by atoms with Crippen LogP contribution in [0.2, 0.25) is 0 Å². The van der Waals surface area contributed by atoms with E-state index in [1.807, 2.05) is 0 Å². The molecule has 1 aromatic heterocycles. The Labute approximate surface area is 103 Å². The van der Waals surface area contributed by atoms with Gasteiger partial charge < -0.3 is 5.32 Å². The van der Waals surface area contributed by atoms with Crippen LogP contribution >= 0.6 is 0 Å². The summed E-state index contributed by atoms with van der Waals surface area (Å²) < 4.78 is 28.6. The molecule has 1 N–H and O–H groups in total. The Morgan fingerprint density at radius 1 is 1.33 bits per heavy atom. The van der Waals surface area contributed by atoms with Crippen LogP contribution in [-0.4, -0.2) is 22.6 Å².